The topological polar surface area (TPSA) is 79.9 Å². The maximum Gasteiger partial charge on any atom is 0.249 e. The van der Waals surface area contributed by atoms with E-state index in [-0.39, 0.29) is 17.8 Å². The van der Waals surface area contributed by atoms with E-state index in [0.29, 0.717) is 12.2 Å². The molecular formula is C24H22N4O2. The van der Waals surface area contributed by atoms with Crippen LogP contribution in [0.5, 0.6) is 5.75 Å². The van der Waals surface area contributed by atoms with Gasteiger partial charge in [-0.2, -0.15) is 4.98 Å². The van der Waals surface area contributed by atoms with Gasteiger partial charge in [0.15, 0.2) is 5.82 Å². The van der Waals surface area contributed by atoms with Crippen molar-refractivity contribution in [3.8, 4) is 17.1 Å². The molecule has 3 aromatic carbocycles. The number of benzene rings is 3. The summed E-state index contributed by atoms with van der Waals surface area (Å²) < 4.78 is 5.17. The van der Waals surface area contributed by atoms with Crippen LogP contribution < -0.4 is 10.1 Å². The fourth-order valence-electron chi connectivity index (χ4n) is 3.36. The molecule has 2 N–H and O–H groups in total. The van der Waals surface area contributed by atoms with Crippen molar-refractivity contribution in [1.29, 1.82) is 0 Å². The molecule has 0 spiro atoms. The number of anilines is 1. The first-order valence-corrected chi connectivity index (χ1v) is 9.69. The van der Waals surface area contributed by atoms with Crippen molar-refractivity contribution in [2.75, 3.05) is 12.4 Å². The van der Waals surface area contributed by atoms with E-state index in [1.165, 1.54) is 0 Å². The summed E-state index contributed by atoms with van der Waals surface area (Å²) in [7, 11) is 1.62. The highest BCUT2D eigenvalue weighted by Crippen LogP contribution is 2.28. The number of amides is 1. The number of H-pyrrole nitrogens is 1. The summed E-state index contributed by atoms with van der Waals surface area (Å²) in [5, 5.41) is 9.80. The highest BCUT2D eigenvalue weighted by atomic mass is 16.5. The third kappa shape index (κ3) is 4.55. The van der Waals surface area contributed by atoms with E-state index in [1.54, 1.807) is 7.11 Å². The first-order valence-electron chi connectivity index (χ1n) is 9.69. The lowest BCUT2D eigenvalue weighted by Gasteiger charge is -2.17. The molecule has 0 bridgehead atoms. The molecular weight excluding hydrogens is 376 g/mol. The molecule has 0 fully saturated rings. The molecule has 4 rings (SSSR count). The van der Waals surface area contributed by atoms with Gasteiger partial charge >= 0.3 is 0 Å². The number of hydrogen-bond acceptors (Lipinski definition) is 4. The van der Waals surface area contributed by atoms with Gasteiger partial charge in [0.2, 0.25) is 11.9 Å². The van der Waals surface area contributed by atoms with Crippen LogP contribution in [-0.2, 0) is 4.79 Å². The zero-order valence-electron chi connectivity index (χ0n) is 16.6. The summed E-state index contributed by atoms with van der Waals surface area (Å²) in [6.07, 6.45) is 0.292. The molecule has 150 valence electrons. The van der Waals surface area contributed by atoms with Crippen LogP contribution in [0, 0.1) is 0 Å². The van der Waals surface area contributed by atoms with E-state index >= 15 is 0 Å². The Morgan fingerprint density at radius 2 is 1.53 bits per heavy atom. The third-order valence-corrected chi connectivity index (χ3v) is 4.89. The van der Waals surface area contributed by atoms with Crippen molar-refractivity contribution >= 4 is 11.9 Å². The van der Waals surface area contributed by atoms with Gasteiger partial charge in [0.25, 0.3) is 0 Å². The van der Waals surface area contributed by atoms with Gasteiger partial charge in [0.05, 0.1) is 7.11 Å². The quantitative estimate of drug-likeness (QED) is 0.475. The lowest BCUT2D eigenvalue weighted by molar-refractivity contribution is -0.116. The molecule has 6 heteroatoms. The molecule has 30 heavy (non-hydrogen) atoms. The summed E-state index contributed by atoms with van der Waals surface area (Å²) >= 11 is 0. The summed E-state index contributed by atoms with van der Waals surface area (Å²) in [6, 6.07) is 27.5. The van der Waals surface area contributed by atoms with E-state index in [4.69, 9.17) is 4.74 Å². The Bertz CT molecular complexity index is 1050. The highest BCUT2D eigenvalue weighted by Gasteiger charge is 2.19. The van der Waals surface area contributed by atoms with Gasteiger partial charge in [-0.3, -0.25) is 15.2 Å². The Balaban J connectivity index is 1.48. The van der Waals surface area contributed by atoms with Crippen molar-refractivity contribution in [2.24, 2.45) is 0 Å². The maximum absolute atomic E-state index is 12.8. The normalized spacial score (nSPS) is 10.7. The Kier molecular flexibility index (Phi) is 5.85. The summed E-state index contributed by atoms with van der Waals surface area (Å²) in [5.74, 6) is 1.40. The molecule has 1 amide bonds. The minimum absolute atomic E-state index is 0.0487. The Morgan fingerprint density at radius 3 is 2.10 bits per heavy atom. The van der Waals surface area contributed by atoms with E-state index < -0.39 is 0 Å². The first kappa shape index (κ1) is 19.4. The predicted octanol–water partition coefficient (Wildman–Crippen LogP) is 4.64. The summed E-state index contributed by atoms with van der Waals surface area (Å²) in [4.78, 5) is 17.2. The molecule has 0 aliphatic carbocycles. The first-order chi connectivity index (χ1) is 14.7. The zero-order valence-corrected chi connectivity index (χ0v) is 16.6. The van der Waals surface area contributed by atoms with Gasteiger partial charge in [-0.1, -0.05) is 60.7 Å². The number of aromatic nitrogens is 3. The zero-order chi connectivity index (χ0) is 20.8. The molecule has 4 aromatic rings. The SMILES string of the molecule is COc1ccc(-c2nc(NC(=O)CC(c3ccccc3)c3ccccc3)n[nH]2)cc1. The fourth-order valence-corrected chi connectivity index (χ4v) is 3.36. The minimum Gasteiger partial charge on any atom is -0.497 e. The molecule has 0 aliphatic heterocycles. The monoisotopic (exact) mass is 398 g/mol. The van der Waals surface area contributed by atoms with E-state index in [9.17, 15) is 4.79 Å². The average Bonchev–Trinajstić information content (AvgIpc) is 3.27. The van der Waals surface area contributed by atoms with Crippen LogP contribution in [0.15, 0.2) is 84.9 Å². The number of methoxy groups -OCH3 is 1. The number of nitrogens with zero attached hydrogens (tertiary/aromatic N) is 2. The van der Waals surface area contributed by atoms with Crippen molar-refractivity contribution in [2.45, 2.75) is 12.3 Å². The Hall–Kier alpha value is -3.93. The minimum atomic E-state index is -0.145. The van der Waals surface area contributed by atoms with Gasteiger partial charge < -0.3 is 4.74 Å². The molecule has 0 saturated heterocycles. The second-order valence-electron chi connectivity index (χ2n) is 6.86. The third-order valence-electron chi connectivity index (χ3n) is 4.89. The van der Waals surface area contributed by atoms with Crippen LogP contribution in [-0.4, -0.2) is 28.2 Å². The molecule has 6 nitrogen and oxygen atoms in total. The number of carbonyl (C=O) groups is 1. The lowest BCUT2D eigenvalue weighted by Crippen LogP contribution is -2.17. The van der Waals surface area contributed by atoms with E-state index in [1.807, 2.05) is 84.9 Å². The predicted molar refractivity (Wildman–Crippen MR) is 116 cm³/mol. The van der Waals surface area contributed by atoms with Crippen LogP contribution in [0.4, 0.5) is 5.95 Å². The standard InChI is InChI=1S/C24H22N4O2/c1-30-20-14-12-19(13-15-20)23-26-24(28-27-23)25-22(29)16-21(17-8-4-2-5-9-17)18-10-6-3-7-11-18/h2-15,21H,16H2,1H3,(H2,25,26,27,28,29). The van der Waals surface area contributed by atoms with Crippen LogP contribution >= 0.6 is 0 Å². The molecule has 0 saturated carbocycles. The number of nitrogens with one attached hydrogen (secondary N) is 2. The second-order valence-corrected chi connectivity index (χ2v) is 6.86. The van der Waals surface area contributed by atoms with Crippen LogP contribution in [0.25, 0.3) is 11.4 Å². The van der Waals surface area contributed by atoms with Gasteiger partial charge in [-0.05, 0) is 35.4 Å². The van der Waals surface area contributed by atoms with Crippen molar-refractivity contribution in [3.63, 3.8) is 0 Å². The van der Waals surface area contributed by atoms with E-state index in [0.717, 1.165) is 22.4 Å². The number of ether oxygens (including phenoxy) is 1. The van der Waals surface area contributed by atoms with Gasteiger partial charge in [0.1, 0.15) is 5.75 Å². The van der Waals surface area contributed by atoms with E-state index in [2.05, 4.69) is 20.5 Å². The molecule has 0 aliphatic rings. The van der Waals surface area contributed by atoms with Crippen molar-refractivity contribution < 1.29 is 9.53 Å². The summed E-state index contributed by atoms with van der Waals surface area (Å²) in [5.41, 5.74) is 3.04. The lowest BCUT2D eigenvalue weighted by atomic mass is 9.88. The molecule has 0 unspecified atom stereocenters. The maximum atomic E-state index is 12.8. The van der Waals surface area contributed by atoms with Crippen LogP contribution in [0.3, 0.4) is 0 Å². The number of carbonyl (C=O) groups excluding carboxylic acids is 1. The van der Waals surface area contributed by atoms with Gasteiger partial charge in [-0.25, -0.2) is 0 Å². The Labute approximate surface area is 175 Å². The molecule has 0 radical (unpaired) electrons. The van der Waals surface area contributed by atoms with Crippen LogP contribution in [0.2, 0.25) is 0 Å². The molecule has 0 atom stereocenters. The molecule has 1 heterocycles. The largest absolute Gasteiger partial charge is 0.497 e. The van der Waals surface area contributed by atoms with Gasteiger partial charge in [-0.15, -0.1) is 5.10 Å². The Morgan fingerprint density at radius 1 is 0.933 bits per heavy atom. The summed E-state index contributed by atoms with van der Waals surface area (Å²) in [6.45, 7) is 0. The van der Waals surface area contributed by atoms with Gasteiger partial charge in [0, 0.05) is 17.9 Å². The average molecular weight is 398 g/mol. The number of aromatic amines is 1. The number of rotatable bonds is 7. The van der Waals surface area contributed by atoms with Crippen molar-refractivity contribution in [3.05, 3.63) is 96.1 Å². The second kappa shape index (κ2) is 9.05. The number of hydrogen-bond donors (Lipinski definition) is 2. The van der Waals surface area contributed by atoms with Crippen LogP contribution in [0.1, 0.15) is 23.5 Å². The molecule has 1 aromatic heterocycles. The smallest absolute Gasteiger partial charge is 0.249 e. The highest BCUT2D eigenvalue weighted by molar-refractivity contribution is 5.90. The fraction of sp³-hybridized carbons (Fsp3) is 0.125. The van der Waals surface area contributed by atoms with Crippen molar-refractivity contribution in [1.82, 2.24) is 15.2 Å².